The highest BCUT2D eigenvalue weighted by molar-refractivity contribution is 5.72. The zero-order chi connectivity index (χ0) is 11.8. The normalized spacial score (nSPS) is 24.7. The molecule has 1 rings (SSSR count). The van der Waals surface area contributed by atoms with Gasteiger partial charge in [-0.2, -0.15) is 0 Å². The minimum atomic E-state index is -0.833. The fourth-order valence-corrected chi connectivity index (χ4v) is 1.48. The van der Waals surface area contributed by atoms with Gasteiger partial charge in [0.25, 0.3) is 5.97 Å². The van der Waals surface area contributed by atoms with E-state index in [1.165, 1.54) is 7.11 Å². The monoisotopic (exact) mass is 218 g/mol. The Morgan fingerprint density at radius 2 is 1.60 bits per heavy atom. The molecule has 0 aromatic heterocycles. The molecule has 1 aliphatic carbocycles. The van der Waals surface area contributed by atoms with Gasteiger partial charge in [0, 0.05) is 6.92 Å². The van der Waals surface area contributed by atoms with Gasteiger partial charge in [-0.05, 0) is 25.7 Å². The van der Waals surface area contributed by atoms with Crippen LogP contribution in [0.1, 0.15) is 32.6 Å². The van der Waals surface area contributed by atoms with E-state index in [2.05, 4.69) is 4.74 Å². The number of rotatable bonds is 1. The summed E-state index contributed by atoms with van der Waals surface area (Å²) < 4.78 is 4.60. The third-order valence-electron chi connectivity index (χ3n) is 2.23. The molecule has 0 atom stereocenters. The van der Waals surface area contributed by atoms with E-state index < -0.39 is 5.97 Å². The first kappa shape index (κ1) is 13.9. The summed E-state index contributed by atoms with van der Waals surface area (Å²) in [6.45, 7) is 1.08. The molecule has 5 heteroatoms. The molecule has 0 saturated heterocycles. The van der Waals surface area contributed by atoms with E-state index in [1.54, 1.807) is 0 Å². The summed E-state index contributed by atoms with van der Waals surface area (Å²) in [6.07, 6.45) is 2.82. The Morgan fingerprint density at radius 3 is 1.93 bits per heavy atom. The minimum absolute atomic E-state index is 0.0309. The Bertz CT molecular complexity index is 202. The maximum atomic E-state index is 11.0. The van der Waals surface area contributed by atoms with Crippen molar-refractivity contribution < 1.29 is 24.5 Å². The lowest BCUT2D eigenvalue weighted by Gasteiger charge is -2.22. The topological polar surface area (TPSA) is 83.8 Å². The number of aliphatic carboxylic acids is 1. The Hall–Kier alpha value is -1.10. The molecule has 0 aromatic rings. The molecule has 0 amide bonds. The Kier molecular flexibility index (Phi) is 6.70. The number of carbonyl (C=O) groups excluding carboxylic acids is 1. The molecule has 1 aliphatic rings. The lowest BCUT2D eigenvalue weighted by molar-refractivity contribution is -0.147. The van der Waals surface area contributed by atoms with Crippen LogP contribution in [0, 0.1) is 5.92 Å². The molecular formula is C10H18O5. The van der Waals surface area contributed by atoms with E-state index in [1.807, 2.05) is 0 Å². The second-order valence-corrected chi connectivity index (χ2v) is 3.55. The number of aliphatic hydroxyl groups is 1. The molecule has 0 spiro atoms. The highest BCUT2D eigenvalue weighted by Crippen LogP contribution is 2.24. The summed E-state index contributed by atoms with van der Waals surface area (Å²) in [5, 5.41) is 16.5. The van der Waals surface area contributed by atoms with E-state index in [4.69, 9.17) is 15.0 Å². The molecule has 1 saturated carbocycles. The zero-order valence-corrected chi connectivity index (χ0v) is 9.10. The SMILES string of the molecule is CC(=O)O.COC(=O)C1CCC(O)CC1. The summed E-state index contributed by atoms with van der Waals surface area (Å²) in [5.74, 6) is -0.930. The smallest absolute Gasteiger partial charge is 0.308 e. The number of hydrogen-bond donors (Lipinski definition) is 2. The predicted molar refractivity (Wildman–Crippen MR) is 53.3 cm³/mol. The third kappa shape index (κ3) is 6.90. The Morgan fingerprint density at radius 1 is 1.20 bits per heavy atom. The minimum Gasteiger partial charge on any atom is -0.481 e. The van der Waals surface area contributed by atoms with Gasteiger partial charge in [-0.15, -0.1) is 0 Å². The van der Waals surface area contributed by atoms with Gasteiger partial charge < -0.3 is 14.9 Å². The van der Waals surface area contributed by atoms with Crippen molar-refractivity contribution in [2.75, 3.05) is 7.11 Å². The van der Waals surface area contributed by atoms with Crippen LogP contribution in [0.5, 0.6) is 0 Å². The van der Waals surface area contributed by atoms with Crippen LogP contribution in [-0.2, 0) is 14.3 Å². The predicted octanol–water partition coefficient (Wildman–Crippen LogP) is 0.801. The van der Waals surface area contributed by atoms with E-state index in [9.17, 15) is 4.79 Å². The molecule has 0 bridgehead atoms. The Labute approximate surface area is 89.0 Å². The zero-order valence-electron chi connectivity index (χ0n) is 9.10. The molecule has 2 N–H and O–H groups in total. The van der Waals surface area contributed by atoms with Crippen LogP contribution < -0.4 is 0 Å². The van der Waals surface area contributed by atoms with Gasteiger partial charge in [0.15, 0.2) is 0 Å². The van der Waals surface area contributed by atoms with Gasteiger partial charge in [0.05, 0.1) is 19.1 Å². The molecule has 0 aliphatic heterocycles. The van der Waals surface area contributed by atoms with Crippen LogP contribution in [-0.4, -0.2) is 35.4 Å². The van der Waals surface area contributed by atoms with Crippen LogP contribution in [0.3, 0.4) is 0 Å². The van der Waals surface area contributed by atoms with Gasteiger partial charge in [-0.1, -0.05) is 0 Å². The summed E-state index contributed by atoms with van der Waals surface area (Å²) in [6, 6.07) is 0. The van der Waals surface area contributed by atoms with E-state index >= 15 is 0 Å². The standard InChI is InChI=1S/C8H14O3.C2H4O2/c1-11-8(10)6-2-4-7(9)5-3-6;1-2(3)4/h6-7,9H,2-5H2,1H3;1H3,(H,3,4). The first-order valence-electron chi connectivity index (χ1n) is 4.92. The first-order chi connectivity index (χ1) is 6.97. The van der Waals surface area contributed by atoms with Crippen molar-refractivity contribution in [2.24, 2.45) is 5.92 Å². The number of carbonyl (C=O) groups is 2. The highest BCUT2D eigenvalue weighted by atomic mass is 16.5. The fraction of sp³-hybridized carbons (Fsp3) is 0.800. The number of hydrogen-bond acceptors (Lipinski definition) is 4. The molecule has 0 unspecified atom stereocenters. The van der Waals surface area contributed by atoms with Crippen molar-refractivity contribution in [1.82, 2.24) is 0 Å². The maximum absolute atomic E-state index is 11.0. The number of esters is 1. The van der Waals surface area contributed by atoms with Crippen molar-refractivity contribution in [1.29, 1.82) is 0 Å². The number of aliphatic hydroxyl groups excluding tert-OH is 1. The van der Waals surface area contributed by atoms with Crippen molar-refractivity contribution in [3.63, 3.8) is 0 Å². The molecule has 1 fully saturated rings. The van der Waals surface area contributed by atoms with E-state index in [0.29, 0.717) is 0 Å². The van der Waals surface area contributed by atoms with Crippen LogP contribution in [0.15, 0.2) is 0 Å². The maximum Gasteiger partial charge on any atom is 0.308 e. The molecule has 5 nitrogen and oxygen atoms in total. The number of ether oxygens (including phenoxy) is 1. The van der Waals surface area contributed by atoms with Crippen LogP contribution >= 0.6 is 0 Å². The lowest BCUT2D eigenvalue weighted by Crippen LogP contribution is -2.24. The fourth-order valence-electron chi connectivity index (χ4n) is 1.48. The highest BCUT2D eigenvalue weighted by Gasteiger charge is 2.25. The second kappa shape index (κ2) is 7.23. The van der Waals surface area contributed by atoms with Gasteiger partial charge >= 0.3 is 5.97 Å². The van der Waals surface area contributed by atoms with Gasteiger partial charge in [0.2, 0.25) is 0 Å². The van der Waals surface area contributed by atoms with E-state index in [0.717, 1.165) is 32.6 Å². The average molecular weight is 218 g/mol. The summed E-state index contributed by atoms with van der Waals surface area (Å²) in [5.41, 5.74) is 0. The van der Waals surface area contributed by atoms with Crippen molar-refractivity contribution in [2.45, 2.75) is 38.7 Å². The Balaban J connectivity index is 0.000000423. The summed E-state index contributed by atoms with van der Waals surface area (Å²) in [7, 11) is 1.41. The number of carboxylic acid groups (broad SMARTS) is 1. The molecule has 88 valence electrons. The number of methoxy groups -OCH3 is 1. The van der Waals surface area contributed by atoms with Gasteiger partial charge in [-0.25, -0.2) is 0 Å². The summed E-state index contributed by atoms with van der Waals surface area (Å²) in [4.78, 5) is 20.0. The first-order valence-corrected chi connectivity index (χ1v) is 4.92. The summed E-state index contributed by atoms with van der Waals surface area (Å²) >= 11 is 0. The quantitative estimate of drug-likeness (QED) is 0.636. The molecule has 0 radical (unpaired) electrons. The number of carboxylic acids is 1. The van der Waals surface area contributed by atoms with Gasteiger partial charge in [0.1, 0.15) is 0 Å². The van der Waals surface area contributed by atoms with Crippen molar-refractivity contribution in [3.05, 3.63) is 0 Å². The van der Waals surface area contributed by atoms with Crippen LogP contribution in [0.25, 0.3) is 0 Å². The average Bonchev–Trinajstić information content (AvgIpc) is 2.17. The largest absolute Gasteiger partial charge is 0.481 e. The molecule has 0 aromatic carbocycles. The van der Waals surface area contributed by atoms with Gasteiger partial charge in [-0.3, -0.25) is 9.59 Å². The second-order valence-electron chi connectivity index (χ2n) is 3.55. The van der Waals surface area contributed by atoms with E-state index in [-0.39, 0.29) is 18.0 Å². The molecule has 15 heavy (non-hydrogen) atoms. The van der Waals surface area contributed by atoms with Crippen molar-refractivity contribution >= 4 is 11.9 Å². The van der Waals surface area contributed by atoms with Crippen molar-refractivity contribution in [3.8, 4) is 0 Å². The molecule has 0 heterocycles. The third-order valence-corrected chi connectivity index (χ3v) is 2.23. The van der Waals surface area contributed by atoms with Crippen LogP contribution in [0.2, 0.25) is 0 Å². The van der Waals surface area contributed by atoms with Crippen LogP contribution in [0.4, 0.5) is 0 Å². The molecular weight excluding hydrogens is 200 g/mol. The lowest BCUT2D eigenvalue weighted by atomic mass is 9.88.